The first-order valence-corrected chi connectivity index (χ1v) is 6.55. The number of hydrogen-bond acceptors (Lipinski definition) is 6. The van der Waals surface area contributed by atoms with E-state index in [2.05, 4.69) is 0 Å². The largest absolute Gasteiger partial charge is 0.359 e. The van der Waals surface area contributed by atoms with Crippen molar-refractivity contribution in [3.8, 4) is 0 Å². The molecule has 1 aliphatic heterocycles. The normalized spacial score (nSPS) is 32.1. The molecule has 2 unspecified atom stereocenters. The van der Waals surface area contributed by atoms with Gasteiger partial charge in [0.2, 0.25) is 0 Å². The molecule has 0 aromatic carbocycles. The van der Waals surface area contributed by atoms with Crippen LogP contribution in [0.4, 0.5) is 0 Å². The van der Waals surface area contributed by atoms with Crippen LogP contribution >= 0.6 is 8.46 Å². The van der Waals surface area contributed by atoms with Gasteiger partial charge < -0.3 is 5.73 Å². The van der Waals surface area contributed by atoms with E-state index in [1.54, 1.807) is 4.72 Å². The first-order chi connectivity index (χ1) is 7.23. The predicted octanol–water partition coefficient (Wildman–Crippen LogP) is -2.47. The highest BCUT2D eigenvalue weighted by Gasteiger charge is 2.59. The minimum Gasteiger partial charge on any atom is -0.322 e. The Kier molecular flexibility index (Phi) is 3.62. The van der Waals surface area contributed by atoms with Gasteiger partial charge in [-0.1, -0.05) is 4.57 Å². The SMILES string of the molecule is NC1CCN(N)C(=O)[C@@]1(NS(=O)(=O)O)[PH+]=O. The number of nitrogens with two attached hydrogens (primary N) is 2. The summed E-state index contributed by atoms with van der Waals surface area (Å²) in [7, 11) is -6.11. The van der Waals surface area contributed by atoms with Gasteiger partial charge in [0.25, 0.3) is 0 Å². The molecular weight excluding hydrogens is 259 g/mol. The molecule has 1 heterocycles. The molecule has 1 aliphatic rings. The van der Waals surface area contributed by atoms with Gasteiger partial charge in [-0.05, 0) is 6.42 Å². The van der Waals surface area contributed by atoms with Crippen LogP contribution in [0.25, 0.3) is 0 Å². The maximum atomic E-state index is 11.7. The van der Waals surface area contributed by atoms with E-state index in [4.69, 9.17) is 16.1 Å². The number of rotatable bonds is 3. The fourth-order valence-electron chi connectivity index (χ4n) is 1.44. The average molecular weight is 271 g/mol. The first kappa shape index (κ1) is 13.4. The number of carbonyl (C=O) groups is 1. The fourth-order valence-corrected chi connectivity index (χ4v) is 3.17. The third-order valence-corrected chi connectivity index (χ3v) is 4.08. The van der Waals surface area contributed by atoms with Crippen LogP contribution in [0.3, 0.4) is 0 Å². The summed E-state index contributed by atoms with van der Waals surface area (Å²) in [4.78, 5) is 11.7. The molecule has 1 amide bonds. The van der Waals surface area contributed by atoms with E-state index < -0.39 is 36.0 Å². The highest BCUT2D eigenvalue weighted by molar-refractivity contribution is 7.84. The predicted molar refractivity (Wildman–Crippen MR) is 54.9 cm³/mol. The molecule has 0 aromatic heterocycles. The second kappa shape index (κ2) is 4.32. The molecule has 0 bridgehead atoms. The number of hydrazine groups is 1. The zero-order valence-electron chi connectivity index (χ0n) is 8.08. The molecule has 9 nitrogen and oxygen atoms in total. The van der Waals surface area contributed by atoms with E-state index in [1.165, 1.54) is 0 Å². The summed E-state index contributed by atoms with van der Waals surface area (Å²) in [5, 5.41) is -1.37. The fraction of sp³-hybridized carbons (Fsp3) is 0.800. The lowest BCUT2D eigenvalue weighted by molar-refractivity contribution is -0.138. The molecule has 0 aliphatic carbocycles. The van der Waals surface area contributed by atoms with Crippen molar-refractivity contribution in [2.45, 2.75) is 17.7 Å². The van der Waals surface area contributed by atoms with Crippen LogP contribution in [0.1, 0.15) is 6.42 Å². The maximum absolute atomic E-state index is 11.7. The third-order valence-electron chi connectivity index (χ3n) is 2.29. The van der Waals surface area contributed by atoms with Gasteiger partial charge in [-0.25, -0.2) is 5.84 Å². The summed E-state index contributed by atoms with van der Waals surface area (Å²) in [5.74, 6) is 4.35. The Morgan fingerprint density at radius 2 is 2.19 bits per heavy atom. The molecule has 11 heteroatoms. The highest BCUT2D eigenvalue weighted by atomic mass is 32.2. The van der Waals surface area contributed by atoms with E-state index >= 15 is 0 Å². The van der Waals surface area contributed by atoms with E-state index in [-0.39, 0.29) is 13.0 Å². The summed E-state index contributed by atoms with van der Waals surface area (Å²) in [6, 6.07) is -1.02. The Morgan fingerprint density at radius 1 is 1.62 bits per heavy atom. The molecule has 3 atom stereocenters. The average Bonchev–Trinajstić information content (AvgIpc) is 2.17. The Balaban J connectivity index is 3.17. The number of piperidine rings is 1. The van der Waals surface area contributed by atoms with Gasteiger partial charge in [-0.15, -0.1) is 4.72 Å². The maximum Gasteiger partial charge on any atom is 0.359 e. The number of hydrogen-bond donors (Lipinski definition) is 4. The molecule has 0 saturated carbocycles. The molecule has 1 rings (SSSR count). The smallest absolute Gasteiger partial charge is 0.322 e. The van der Waals surface area contributed by atoms with Crippen LogP contribution in [0.5, 0.6) is 0 Å². The van der Waals surface area contributed by atoms with Gasteiger partial charge in [-0.3, -0.25) is 14.4 Å². The molecule has 1 saturated heterocycles. The second-order valence-corrected chi connectivity index (χ2v) is 5.53. The molecule has 16 heavy (non-hydrogen) atoms. The van der Waals surface area contributed by atoms with Crippen molar-refractivity contribution < 1.29 is 22.3 Å². The van der Waals surface area contributed by atoms with Gasteiger partial charge >= 0.3 is 30.0 Å². The topological polar surface area (TPSA) is 156 Å². The lowest BCUT2D eigenvalue weighted by Gasteiger charge is -2.34. The Morgan fingerprint density at radius 3 is 2.62 bits per heavy atom. The third kappa shape index (κ3) is 2.37. The summed E-state index contributed by atoms with van der Waals surface area (Å²) < 4.78 is 42.7. The first-order valence-electron chi connectivity index (χ1n) is 4.21. The summed E-state index contributed by atoms with van der Waals surface area (Å²) >= 11 is 0. The Bertz CT molecular complexity index is 413. The van der Waals surface area contributed by atoms with Crippen LogP contribution in [0.15, 0.2) is 0 Å². The Hall–Kier alpha value is -0.640. The summed E-state index contributed by atoms with van der Waals surface area (Å²) in [5.41, 5.74) is 5.55. The molecule has 0 aromatic rings. The van der Waals surface area contributed by atoms with E-state index in [9.17, 15) is 17.8 Å². The summed E-state index contributed by atoms with van der Waals surface area (Å²) in [6.45, 7) is 0.124. The van der Waals surface area contributed by atoms with Crippen molar-refractivity contribution in [3.05, 3.63) is 0 Å². The van der Waals surface area contributed by atoms with Crippen molar-refractivity contribution in [2.75, 3.05) is 6.54 Å². The van der Waals surface area contributed by atoms with Crippen LogP contribution in [-0.4, -0.2) is 41.8 Å². The van der Waals surface area contributed by atoms with Gasteiger partial charge in [0.1, 0.15) is 0 Å². The highest BCUT2D eigenvalue weighted by Crippen LogP contribution is 2.30. The Labute approximate surface area is 93.2 Å². The number of nitrogens with zero attached hydrogens (tertiary/aromatic N) is 1. The number of carbonyl (C=O) groups excluding carboxylic acids is 1. The van der Waals surface area contributed by atoms with Crippen LogP contribution in [0.2, 0.25) is 0 Å². The van der Waals surface area contributed by atoms with Crippen molar-refractivity contribution in [2.24, 2.45) is 11.6 Å². The minimum absolute atomic E-state index is 0.124. The van der Waals surface area contributed by atoms with Gasteiger partial charge in [-0.2, -0.15) is 8.42 Å². The molecule has 6 N–H and O–H groups in total. The van der Waals surface area contributed by atoms with Crippen molar-refractivity contribution in [3.63, 3.8) is 0 Å². The number of amides is 1. The van der Waals surface area contributed by atoms with Crippen LogP contribution in [-0.2, 0) is 19.7 Å². The van der Waals surface area contributed by atoms with Crippen molar-refractivity contribution >= 4 is 24.7 Å². The molecule has 1 fully saturated rings. The van der Waals surface area contributed by atoms with Crippen molar-refractivity contribution in [1.82, 2.24) is 9.73 Å². The van der Waals surface area contributed by atoms with E-state index in [1.807, 2.05) is 0 Å². The zero-order chi connectivity index (χ0) is 12.6. The standard InChI is InChI=1S/C5H11N4O5PS/c6-3-1-2-9(7)4(10)5(3,15-11)8-16(12,13)14/h3,8H,1-2,6-7H2,(H,12,13,14)/p+1/t3?,5-/m0/s1. The van der Waals surface area contributed by atoms with Gasteiger partial charge in [0.05, 0.1) is 6.04 Å². The van der Waals surface area contributed by atoms with E-state index in [0.29, 0.717) is 5.01 Å². The lowest BCUT2D eigenvalue weighted by Crippen LogP contribution is -2.69. The van der Waals surface area contributed by atoms with E-state index in [0.717, 1.165) is 0 Å². The van der Waals surface area contributed by atoms with Crippen LogP contribution < -0.4 is 16.3 Å². The number of nitrogens with one attached hydrogen (secondary N) is 1. The molecular formula is C5H12N4O5PS+. The van der Waals surface area contributed by atoms with Gasteiger partial charge in [0.15, 0.2) is 0 Å². The quantitative estimate of drug-likeness (QED) is 0.192. The van der Waals surface area contributed by atoms with Gasteiger partial charge in [0, 0.05) is 6.54 Å². The summed E-state index contributed by atoms with van der Waals surface area (Å²) in [6.07, 6.45) is 0.167. The zero-order valence-corrected chi connectivity index (χ0v) is 9.90. The van der Waals surface area contributed by atoms with Crippen LogP contribution in [0, 0.1) is 0 Å². The molecule has 0 radical (unpaired) electrons. The monoisotopic (exact) mass is 271 g/mol. The minimum atomic E-state index is -4.71. The van der Waals surface area contributed by atoms with Crippen molar-refractivity contribution in [1.29, 1.82) is 0 Å². The lowest BCUT2D eigenvalue weighted by atomic mass is 10.0. The molecule has 0 spiro atoms. The molecule has 92 valence electrons. The second-order valence-electron chi connectivity index (χ2n) is 3.38.